The fourth-order valence-electron chi connectivity index (χ4n) is 0.990. The smallest absolute Gasteiger partial charge is 0.306 e. The molecule has 0 aliphatic carbocycles. The van der Waals surface area contributed by atoms with Gasteiger partial charge in [-0.15, -0.1) is 11.6 Å². The van der Waals surface area contributed by atoms with Crippen molar-refractivity contribution in [2.24, 2.45) is 0 Å². The molecule has 0 unspecified atom stereocenters. The van der Waals surface area contributed by atoms with E-state index in [0.717, 1.165) is 11.8 Å². The Morgan fingerprint density at radius 3 is 2.40 bits per heavy atom. The molecule has 0 amide bonds. The number of alkyl halides is 1. The first-order chi connectivity index (χ1) is 7.01. The van der Waals surface area contributed by atoms with E-state index in [0.29, 0.717) is 11.6 Å². The Morgan fingerprint density at radius 1 is 1.33 bits per heavy atom. The largest absolute Gasteiger partial charge is 0.383 e. The second kappa shape index (κ2) is 5.19. The number of hydrogen-bond donors (Lipinski definition) is 0. The fraction of sp³-hybridized carbons (Fsp3) is 0.200. The lowest BCUT2D eigenvalue weighted by Crippen LogP contribution is -2.05. The summed E-state index contributed by atoms with van der Waals surface area (Å²) in [6, 6.07) is 6.69. The third-order valence-electron chi connectivity index (χ3n) is 1.53. The predicted molar refractivity (Wildman–Crippen MR) is 61.7 cm³/mol. The Balaban J connectivity index is 2.77. The van der Waals surface area contributed by atoms with E-state index in [1.54, 1.807) is 30.3 Å². The zero-order valence-electron chi connectivity index (χ0n) is 8.18. The Hall–Kier alpha value is -1.00. The molecular formula is C10H11ClO3S. The first-order valence-electron chi connectivity index (χ1n) is 4.23. The molecule has 5 heteroatoms. The molecule has 82 valence electrons. The highest BCUT2D eigenvalue weighted by Gasteiger charge is 2.02. The van der Waals surface area contributed by atoms with Crippen LogP contribution in [0.25, 0.3) is 6.08 Å². The molecule has 1 aromatic carbocycles. The van der Waals surface area contributed by atoms with Crippen LogP contribution >= 0.6 is 11.6 Å². The van der Waals surface area contributed by atoms with E-state index in [-0.39, 0.29) is 0 Å². The van der Waals surface area contributed by atoms with Gasteiger partial charge in [-0.05, 0) is 17.7 Å². The van der Waals surface area contributed by atoms with Crippen molar-refractivity contribution < 1.29 is 12.6 Å². The number of benzene rings is 1. The normalized spacial score (nSPS) is 11.9. The highest BCUT2D eigenvalue weighted by molar-refractivity contribution is 7.86. The van der Waals surface area contributed by atoms with E-state index in [2.05, 4.69) is 4.18 Å². The average Bonchev–Trinajstić information content (AvgIpc) is 2.14. The quantitative estimate of drug-likeness (QED) is 0.605. The van der Waals surface area contributed by atoms with Crippen LogP contribution < -0.4 is 4.18 Å². The lowest BCUT2D eigenvalue weighted by molar-refractivity contribution is 0.493. The summed E-state index contributed by atoms with van der Waals surface area (Å²) in [5.74, 6) is 0.752. The van der Waals surface area contributed by atoms with Crippen molar-refractivity contribution in [3.8, 4) is 5.75 Å². The Kier molecular flexibility index (Phi) is 4.17. The minimum absolute atomic E-state index is 0.306. The molecule has 0 heterocycles. The van der Waals surface area contributed by atoms with Gasteiger partial charge in [-0.25, -0.2) is 0 Å². The second-order valence-electron chi connectivity index (χ2n) is 2.91. The summed E-state index contributed by atoms with van der Waals surface area (Å²) in [5, 5.41) is 0. The topological polar surface area (TPSA) is 43.4 Å². The van der Waals surface area contributed by atoms with Gasteiger partial charge in [-0.2, -0.15) is 8.42 Å². The van der Waals surface area contributed by atoms with Gasteiger partial charge in [-0.3, -0.25) is 0 Å². The molecule has 0 saturated carbocycles. The molecule has 0 spiro atoms. The van der Waals surface area contributed by atoms with Crippen LogP contribution in [0.1, 0.15) is 5.56 Å². The first-order valence-corrected chi connectivity index (χ1v) is 6.58. The number of rotatable bonds is 4. The van der Waals surface area contributed by atoms with Gasteiger partial charge >= 0.3 is 10.1 Å². The van der Waals surface area contributed by atoms with Crippen molar-refractivity contribution in [2.45, 2.75) is 0 Å². The first kappa shape index (κ1) is 12.1. The maximum absolute atomic E-state index is 10.8. The van der Waals surface area contributed by atoms with E-state index < -0.39 is 10.1 Å². The van der Waals surface area contributed by atoms with E-state index >= 15 is 0 Å². The summed E-state index contributed by atoms with van der Waals surface area (Å²) in [6.45, 7) is 0. The molecule has 1 aromatic rings. The summed E-state index contributed by atoms with van der Waals surface area (Å²) in [4.78, 5) is 0. The fourth-order valence-corrected chi connectivity index (χ4v) is 1.54. The molecule has 0 aliphatic rings. The van der Waals surface area contributed by atoms with Crippen molar-refractivity contribution in [1.82, 2.24) is 0 Å². The lowest BCUT2D eigenvalue weighted by Gasteiger charge is -2.02. The van der Waals surface area contributed by atoms with Crippen LogP contribution in [-0.2, 0) is 10.1 Å². The van der Waals surface area contributed by atoms with Crippen LogP contribution in [-0.4, -0.2) is 20.6 Å². The molecule has 0 N–H and O–H groups in total. The molecule has 3 nitrogen and oxygen atoms in total. The van der Waals surface area contributed by atoms with Crippen LogP contribution in [0, 0.1) is 0 Å². The minimum atomic E-state index is -3.45. The maximum Gasteiger partial charge on any atom is 0.306 e. The number of halogens is 1. The summed E-state index contributed by atoms with van der Waals surface area (Å²) < 4.78 is 26.3. The van der Waals surface area contributed by atoms with Gasteiger partial charge in [-0.1, -0.05) is 24.3 Å². The molecule has 0 aliphatic heterocycles. The third kappa shape index (κ3) is 4.85. The summed E-state index contributed by atoms with van der Waals surface area (Å²) in [7, 11) is -3.45. The van der Waals surface area contributed by atoms with Crippen LogP contribution in [0.4, 0.5) is 0 Å². The Morgan fingerprint density at radius 2 is 1.93 bits per heavy atom. The second-order valence-corrected chi connectivity index (χ2v) is 4.80. The molecule has 15 heavy (non-hydrogen) atoms. The van der Waals surface area contributed by atoms with Gasteiger partial charge in [0.25, 0.3) is 0 Å². The zero-order valence-corrected chi connectivity index (χ0v) is 9.75. The van der Waals surface area contributed by atoms with Gasteiger partial charge in [0.05, 0.1) is 6.26 Å². The predicted octanol–water partition coefficient (Wildman–Crippen LogP) is 2.28. The van der Waals surface area contributed by atoms with Crippen molar-refractivity contribution in [3.05, 3.63) is 35.9 Å². The van der Waals surface area contributed by atoms with E-state index in [4.69, 9.17) is 11.6 Å². The lowest BCUT2D eigenvalue weighted by atomic mass is 10.2. The van der Waals surface area contributed by atoms with Crippen LogP contribution in [0.3, 0.4) is 0 Å². The highest BCUT2D eigenvalue weighted by Crippen LogP contribution is 2.14. The van der Waals surface area contributed by atoms with Crippen LogP contribution in [0.5, 0.6) is 5.75 Å². The molecule has 0 fully saturated rings. The van der Waals surface area contributed by atoms with Gasteiger partial charge in [0, 0.05) is 5.88 Å². The summed E-state index contributed by atoms with van der Waals surface area (Å²) >= 11 is 5.48. The highest BCUT2D eigenvalue weighted by atomic mass is 35.5. The van der Waals surface area contributed by atoms with Crippen LogP contribution in [0.15, 0.2) is 30.3 Å². The molecule has 0 radical (unpaired) electrons. The van der Waals surface area contributed by atoms with E-state index in [1.165, 1.54) is 0 Å². The van der Waals surface area contributed by atoms with Crippen LogP contribution in [0.2, 0.25) is 0 Å². The van der Waals surface area contributed by atoms with Crippen molar-refractivity contribution >= 4 is 27.8 Å². The SMILES string of the molecule is CS(=O)(=O)Oc1ccc(C=CCCl)cc1. The van der Waals surface area contributed by atoms with E-state index in [1.807, 2.05) is 6.08 Å². The monoisotopic (exact) mass is 246 g/mol. The standard InChI is InChI=1S/C10H11ClO3S/c1-15(12,13)14-10-6-4-9(5-7-10)3-2-8-11/h2-7H,8H2,1H3. The van der Waals surface area contributed by atoms with Crippen molar-refractivity contribution in [2.75, 3.05) is 12.1 Å². The van der Waals surface area contributed by atoms with Crippen molar-refractivity contribution in [1.29, 1.82) is 0 Å². The van der Waals surface area contributed by atoms with Crippen molar-refractivity contribution in [3.63, 3.8) is 0 Å². The Labute approximate surface area is 94.5 Å². The average molecular weight is 247 g/mol. The summed E-state index contributed by atoms with van der Waals surface area (Å²) in [6.07, 6.45) is 4.65. The Bertz CT molecular complexity index is 434. The molecule has 0 aromatic heterocycles. The van der Waals surface area contributed by atoms with E-state index in [9.17, 15) is 8.42 Å². The van der Waals surface area contributed by atoms with Gasteiger partial charge in [0.15, 0.2) is 0 Å². The maximum atomic E-state index is 10.8. The third-order valence-corrected chi connectivity index (χ3v) is 2.20. The number of hydrogen-bond acceptors (Lipinski definition) is 3. The molecular weight excluding hydrogens is 236 g/mol. The van der Waals surface area contributed by atoms with Gasteiger partial charge < -0.3 is 4.18 Å². The zero-order chi connectivity index (χ0) is 11.3. The molecule has 0 atom stereocenters. The van der Waals surface area contributed by atoms with Gasteiger partial charge in [0.2, 0.25) is 0 Å². The molecule has 1 rings (SSSR count). The minimum Gasteiger partial charge on any atom is -0.383 e. The van der Waals surface area contributed by atoms with Gasteiger partial charge in [0.1, 0.15) is 5.75 Å². The number of allylic oxidation sites excluding steroid dienone is 1. The summed E-state index contributed by atoms with van der Waals surface area (Å²) in [5.41, 5.74) is 0.941. The molecule has 0 bridgehead atoms. The molecule has 0 saturated heterocycles.